The molecule has 1 heterocycles. The molecule has 82 valence electrons. The predicted molar refractivity (Wildman–Crippen MR) is 55.6 cm³/mol. The van der Waals surface area contributed by atoms with Gasteiger partial charge >= 0.3 is 0 Å². The molecule has 0 atom stereocenters. The molecule has 0 radical (unpaired) electrons. The van der Waals surface area contributed by atoms with Gasteiger partial charge in [0.25, 0.3) is 0 Å². The smallest absolute Gasteiger partial charge is 0.198 e. The van der Waals surface area contributed by atoms with E-state index in [4.69, 9.17) is 0 Å². The monoisotopic (exact) mass is 208 g/mol. The molecule has 0 saturated heterocycles. The van der Waals surface area contributed by atoms with Crippen LogP contribution in [-0.4, -0.2) is 33.4 Å². The number of aromatic nitrogens is 3. The molecule has 1 aliphatic rings. The number of Topliss-reactive ketones (excluding diaryl/α,β-unsaturated/α-hetero) is 1. The van der Waals surface area contributed by atoms with Crippen molar-refractivity contribution in [1.82, 2.24) is 20.3 Å². The quantitative estimate of drug-likeness (QED) is 0.733. The number of aryl methyl sites for hydroxylation is 1. The average molecular weight is 208 g/mol. The Balaban J connectivity index is 1.81. The van der Waals surface area contributed by atoms with Crippen molar-refractivity contribution in [2.24, 2.45) is 7.05 Å². The summed E-state index contributed by atoms with van der Waals surface area (Å²) in [7, 11) is 1.76. The minimum atomic E-state index is 0.0231. The lowest BCUT2D eigenvalue weighted by Crippen LogP contribution is -2.31. The highest BCUT2D eigenvalue weighted by atomic mass is 16.1. The molecule has 1 fully saturated rings. The molecule has 1 saturated carbocycles. The molecule has 1 N–H and O–H groups in total. The van der Waals surface area contributed by atoms with E-state index in [2.05, 4.69) is 15.6 Å². The van der Waals surface area contributed by atoms with Crippen LogP contribution in [0.4, 0.5) is 0 Å². The number of nitrogens with zero attached hydrogens (tertiary/aromatic N) is 3. The van der Waals surface area contributed by atoms with Crippen molar-refractivity contribution < 1.29 is 4.79 Å². The Bertz CT molecular complexity index is 341. The summed E-state index contributed by atoms with van der Waals surface area (Å²) in [5, 5.41) is 10.8. The van der Waals surface area contributed by atoms with Crippen LogP contribution in [0, 0.1) is 0 Å². The molecule has 0 spiro atoms. The minimum absolute atomic E-state index is 0.0231. The molecule has 5 nitrogen and oxygen atoms in total. The van der Waals surface area contributed by atoms with Gasteiger partial charge < -0.3 is 5.32 Å². The van der Waals surface area contributed by atoms with E-state index < -0.39 is 0 Å². The molecule has 1 aromatic heterocycles. The number of nitrogens with one attached hydrogen (secondary N) is 1. The van der Waals surface area contributed by atoms with Crippen LogP contribution in [0.25, 0.3) is 0 Å². The van der Waals surface area contributed by atoms with Crippen molar-refractivity contribution in [3.05, 3.63) is 11.9 Å². The van der Waals surface area contributed by atoms with Crippen molar-refractivity contribution in [3.63, 3.8) is 0 Å². The first kappa shape index (κ1) is 10.3. The van der Waals surface area contributed by atoms with Crippen molar-refractivity contribution >= 4 is 5.78 Å². The first-order valence-electron chi connectivity index (χ1n) is 5.38. The molecule has 1 aromatic rings. The average Bonchev–Trinajstić information content (AvgIpc) is 2.84. The van der Waals surface area contributed by atoms with E-state index in [1.165, 1.54) is 25.7 Å². The first-order valence-corrected chi connectivity index (χ1v) is 5.38. The highest BCUT2D eigenvalue weighted by Gasteiger charge is 2.16. The standard InChI is InChI=1S/C10H16N4O/c1-14-7-9(12-13-14)10(15)6-11-8-4-2-3-5-8/h7-8,11H,2-6H2,1H3. The molecule has 0 aromatic carbocycles. The molecular weight excluding hydrogens is 192 g/mol. The molecule has 0 amide bonds. The van der Waals surface area contributed by atoms with Crippen LogP contribution in [0.2, 0.25) is 0 Å². The second-order valence-corrected chi connectivity index (χ2v) is 4.06. The molecule has 2 rings (SSSR count). The van der Waals surface area contributed by atoms with E-state index in [0.29, 0.717) is 18.3 Å². The largest absolute Gasteiger partial charge is 0.307 e. The lowest BCUT2D eigenvalue weighted by Gasteiger charge is -2.09. The number of rotatable bonds is 4. The zero-order valence-electron chi connectivity index (χ0n) is 8.94. The third-order valence-corrected chi connectivity index (χ3v) is 2.79. The van der Waals surface area contributed by atoms with E-state index in [1.54, 1.807) is 17.9 Å². The second kappa shape index (κ2) is 4.53. The van der Waals surface area contributed by atoms with Gasteiger partial charge in [-0.3, -0.25) is 9.48 Å². The highest BCUT2D eigenvalue weighted by molar-refractivity contribution is 5.95. The van der Waals surface area contributed by atoms with Gasteiger partial charge in [-0.15, -0.1) is 5.10 Å². The van der Waals surface area contributed by atoms with Crippen LogP contribution in [-0.2, 0) is 7.05 Å². The van der Waals surface area contributed by atoms with Gasteiger partial charge in [-0.25, -0.2) is 0 Å². The third kappa shape index (κ3) is 2.62. The Hall–Kier alpha value is -1.23. The lowest BCUT2D eigenvalue weighted by molar-refractivity contribution is 0.0982. The summed E-state index contributed by atoms with van der Waals surface area (Å²) in [4.78, 5) is 11.6. The van der Waals surface area contributed by atoms with E-state index in [9.17, 15) is 4.79 Å². The van der Waals surface area contributed by atoms with Gasteiger partial charge in [0.1, 0.15) is 5.69 Å². The predicted octanol–water partition coefficient (Wildman–Crippen LogP) is 0.530. The SMILES string of the molecule is Cn1cc(C(=O)CNC2CCCC2)nn1. The Morgan fingerprint density at radius 1 is 1.60 bits per heavy atom. The van der Waals surface area contributed by atoms with E-state index in [0.717, 1.165) is 0 Å². The molecule has 0 bridgehead atoms. The summed E-state index contributed by atoms with van der Waals surface area (Å²) in [6, 6.07) is 0.519. The molecule has 0 aliphatic heterocycles. The van der Waals surface area contributed by atoms with Crippen LogP contribution in [0.3, 0.4) is 0 Å². The normalized spacial score (nSPS) is 17.1. The van der Waals surface area contributed by atoms with Crippen LogP contribution < -0.4 is 5.32 Å². The van der Waals surface area contributed by atoms with Gasteiger partial charge in [0.2, 0.25) is 0 Å². The number of carbonyl (C=O) groups excluding carboxylic acids is 1. The fourth-order valence-corrected chi connectivity index (χ4v) is 1.93. The molecule has 5 heteroatoms. The van der Waals surface area contributed by atoms with Crippen molar-refractivity contribution in [2.75, 3.05) is 6.54 Å². The molecule has 1 aliphatic carbocycles. The van der Waals surface area contributed by atoms with Gasteiger partial charge in [-0.05, 0) is 12.8 Å². The summed E-state index contributed by atoms with van der Waals surface area (Å²) in [6.07, 6.45) is 6.58. The zero-order chi connectivity index (χ0) is 10.7. The minimum Gasteiger partial charge on any atom is -0.307 e. The first-order chi connectivity index (χ1) is 7.25. The van der Waals surface area contributed by atoms with Crippen molar-refractivity contribution in [1.29, 1.82) is 0 Å². The molecule has 15 heavy (non-hydrogen) atoms. The molecule has 0 unspecified atom stereocenters. The zero-order valence-corrected chi connectivity index (χ0v) is 8.94. The number of hydrogen-bond donors (Lipinski definition) is 1. The highest BCUT2D eigenvalue weighted by Crippen LogP contribution is 2.17. The Morgan fingerprint density at radius 3 is 2.93 bits per heavy atom. The number of hydrogen-bond acceptors (Lipinski definition) is 4. The topological polar surface area (TPSA) is 59.8 Å². The number of carbonyl (C=O) groups is 1. The van der Waals surface area contributed by atoms with Crippen molar-refractivity contribution in [3.8, 4) is 0 Å². The van der Waals surface area contributed by atoms with E-state index in [-0.39, 0.29) is 5.78 Å². The summed E-state index contributed by atoms with van der Waals surface area (Å²) in [5.74, 6) is 0.0231. The fraction of sp³-hybridized carbons (Fsp3) is 0.700. The maximum atomic E-state index is 11.6. The van der Waals surface area contributed by atoms with Gasteiger partial charge in [0, 0.05) is 13.1 Å². The van der Waals surface area contributed by atoms with Crippen LogP contribution in [0.5, 0.6) is 0 Å². The van der Waals surface area contributed by atoms with Crippen LogP contribution >= 0.6 is 0 Å². The van der Waals surface area contributed by atoms with E-state index in [1.807, 2.05) is 0 Å². The Labute approximate surface area is 88.9 Å². The van der Waals surface area contributed by atoms with Crippen LogP contribution in [0.15, 0.2) is 6.20 Å². The van der Waals surface area contributed by atoms with Crippen molar-refractivity contribution in [2.45, 2.75) is 31.7 Å². The van der Waals surface area contributed by atoms with Crippen LogP contribution in [0.1, 0.15) is 36.2 Å². The van der Waals surface area contributed by atoms with E-state index >= 15 is 0 Å². The fourth-order valence-electron chi connectivity index (χ4n) is 1.93. The lowest BCUT2D eigenvalue weighted by atomic mass is 10.2. The Morgan fingerprint density at radius 2 is 2.33 bits per heavy atom. The van der Waals surface area contributed by atoms with Gasteiger partial charge in [0.15, 0.2) is 5.78 Å². The molecular formula is C10H16N4O. The Kier molecular flexibility index (Phi) is 3.11. The number of ketones is 1. The summed E-state index contributed by atoms with van der Waals surface area (Å²) in [6.45, 7) is 0.378. The van der Waals surface area contributed by atoms with Gasteiger partial charge in [-0.1, -0.05) is 18.1 Å². The second-order valence-electron chi connectivity index (χ2n) is 4.06. The maximum Gasteiger partial charge on any atom is 0.198 e. The van der Waals surface area contributed by atoms with Gasteiger partial charge in [-0.2, -0.15) is 0 Å². The summed E-state index contributed by atoms with van der Waals surface area (Å²) in [5.41, 5.74) is 0.447. The summed E-state index contributed by atoms with van der Waals surface area (Å²) < 4.78 is 1.54. The maximum absolute atomic E-state index is 11.6. The summed E-state index contributed by atoms with van der Waals surface area (Å²) >= 11 is 0. The van der Waals surface area contributed by atoms with Gasteiger partial charge in [0.05, 0.1) is 12.7 Å². The third-order valence-electron chi connectivity index (χ3n) is 2.79.